The van der Waals surface area contributed by atoms with Crippen LogP contribution in [-0.2, 0) is 22.9 Å². The van der Waals surface area contributed by atoms with Crippen molar-refractivity contribution >= 4 is 17.5 Å². The number of nitrogens with one attached hydrogen (secondary N) is 1. The summed E-state index contributed by atoms with van der Waals surface area (Å²) in [5.74, 6) is -1.76. The van der Waals surface area contributed by atoms with Gasteiger partial charge in [-0.2, -0.15) is 18.4 Å². The molecule has 1 saturated carbocycles. The fourth-order valence-corrected chi connectivity index (χ4v) is 3.98. The highest BCUT2D eigenvalue weighted by Gasteiger charge is 2.43. The summed E-state index contributed by atoms with van der Waals surface area (Å²) in [5, 5.41) is 12.5. The molecule has 1 aromatic heterocycles. The molecular formula is C25H18ClF4N3O. The molecule has 34 heavy (non-hydrogen) atoms. The van der Waals surface area contributed by atoms with E-state index in [1.165, 1.54) is 18.3 Å². The Hall–Kier alpha value is -3.44. The number of nitrogens with zero attached hydrogens (tertiary/aromatic N) is 2. The van der Waals surface area contributed by atoms with Crippen LogP contribution in [0.1, 0.15) is 40.8 Å². The standard InChI is InChI=1S/C25H18ClF4N3O/c26-20-6-7-22(32-14-20)24(33-23(34)17-4-5-17,12-15-2-1-3-16(8-15)13-31)18-9-19(25(28,29)30)11-21(27)10-18/h1-3,6-11,14,17H,4-5,12H2,(H,33,34)/t24-/m0/s1. The molecule has 1 aliphatic carbocycles. The van der Waals surface area contributed by atoms with E-state index in [-0.39, 0.29) is 34.5 Å². The number of hydrogen-bond acceptors (Lipinski definition) is 3. The number of hydrogen-bond donors (Lipinski definition) is 1. The minimum Gasteiger partial charge on any atom is -0.340 e. The zero-order valence-corrected chi connectivity index (χ0v) is 18.4. The molecule has 3 aromatic rings. The maximum atomic E-state index is 14.5. The van der Waals surface area contributed by atoms with Crippen LogP contribution in [0.4, 0.5) is 17.6 Å². The van der Waals surface area contributed by atoms with Crippen LogP contribution in [0.25, 0.3) is 0 Å². The molecule has 1 heterocycles. The van der Waals surface area contributed by atoms with E-state index in [1.54, 1.807) is 24.3 Å². The van der Waals surface area contributed by atoms with E-state index in [9.17, 15) is 27.6 Å². The molecule has 0 unspecified atom stereocenters. The maximum Gasteiger partial charge on any atom is 0.416 e. The second kappa shape index (κ2) is 9.07. The molecule has 0 aliphatic heterocycles. The lowest BCUT2D eigenvalue weighted by atomic mass is 9.79. The molecule has 9 heteroatoms. The lowest BCUT2D eigenvalue weighted by Gasteiger charge is -2.36. The van der Waals surface area contributed by atoms with E-state index >= 15 is 0 Å². The number of alkyl halides is 3. The van der Waals surface area contributed by atoms with Crippen LogP contribution in [0.5, 0.6) is 0 Å². The molecule has 1 aliphatic rings. The molecule has 1 atom stereocenters. The molecule has 1 fully saturated rings. The molecule has 4 rings (SSSR count). The van der Waals surface area contributed by atoms with E-state index < -0.39 is 23.1 Å². The Labute approximate surface area is 198 Å². The fourth-order valence-electron chi connectivity index (χ4n) is 3.86. The smallest absolute Gasteiger partial charge is 0.340 e. The van der Waals surface area contributed by atoms with Gasteiger partial charge in [-0.15, -0.1) is 0 Å². The summed E-state index contributed by atoms with van der Waals surface area (Å²) in [7, 11) is 0. The molecule has 2 aromatic carbocycles. The quantitative estimate of drug-likeness (QED) is 0.448. The van der Waals surface area contributed by atoms with Crippen LogP contribution in [0.3, 0.4) is 0 Å². The first-order valence-electron chi connectivity index (χ1n) is 10.4. The van der Waals surface area contributed by atoms with E-state index in [4.69, 9.17) is 11.6 Å². The first kappa shape index (κ1) is 23.7. The van der Waals surface area contributed by atoms with Crippen LogP contribution in [0.2, 0.25) is 5.02 Å². The van der Waals surface area contributed by atoms with Gasteiger partial charge in [-0.25, -0.2) is 4.39 Å². The van der Waals surface area contributed by atoms with Gasteiger partial charge in [0.15, 0.2) is 0 Å². The summed E-state index contributed by atoms with van der Waals surface area (Å²) in [4.78, 5) is 17.3. The Morgan fingerprint density at radius 2 is 1.85 bits per heavy atom. The number of benzene rings is 2. The lowest BCUT2D eigenvalue weighted by molar-refractivity contribution is -0.137. The van der Waals surface area contributed by atoms with Crippen molar-refractivity contribution in [1.82, 2.24) is 10.3 Å². The number of rotatable bonds is 6. The van der Waals surface area contributed by atoms with Crippen molar-refractivity contribution in [3.8, 4) is 6.07 Å². The molecule has 1 N–H and O–H groups in total. The Bertz CT molecular complexity index is 1270. The molecule has 0 bridgehead atoms. The van der Waals surface area contributed by atoms with Crippen molar-refractivity contribution in [2.75, 3.05) is 0 Å². The van der Waals surface area contributed by atoms with Crippen molar-refractivity contribution in [2.45, 2.75) is 31.0 Å². The zero-order chi connectivity index (χ0) is 24.5. The van der Waals surface area contributed by atoms with E-state index in [0.717, 1.165) is 12.1 Å². The van der Waals surface area contributed by atoms with Gasteiger partial charge in [0, 0.05) is 18.5 Å². The number of carbonyl (C=O) groups is 1. The minimum absolute atomic E-state index is 0.0731. The van der Waals surface area contributed by atoms with Crippen molar-refractivity contribution < 1.29 is 22.4 Å². The summed E-state index contributed by atoms with van der Waals surface area (Å²) in [6.45, 7) is 0. The van der Waals surface area contributed by atoms with Gasteiger partial charge in [-0.3, -0.25) is 9.78 Å². The van der Waals surface area contributed by atoms with E-state index in [0.29, 0.717) is 30.0 Å². The number of aromatic nitrogens is 1. The average molecular weight is 488 g/mol. The number of pyridine rings is 1. The SMILES string of the molecule is N#Cc1cccc(C[C@](NC(=O)C2CC2)(c2cc(F)cc(C(F)(F)F)c2)c2ccc(Cl)cn2)c1. The van der Waals surface area contributed by atoms with Gasteiger partial charge in [0.25, 0.3) is 0 Å². The highest BCUT2D eigenvalue weighted by molar-refractivity contribution is 6.30. The third kappa shape index (κ3) is 5.05. The number of halogens is 5. The highest BCUT2D eigenvalue weighted by atomic mass is 35.5. The van der Waals surface area contributed by atoms with Gasteiger partial charge in [0.05, 0.1) is 27.9 Å². The number of nitriles is 1. The highest BCUT2D eigenvalue weighted by Crippen LogP contribution is 2.39. The minimum atomic E-state index is -4.81. The second-order valence-electron chi connectivity index (χ2n) is 8.25. The van der Waals surface area contributed by atoms with Crippen LogP contribution in [0, 0.1) is 23.1 Å². The predicted molar refractivity (Wildman–Crippen MR) is 117 cm³/mol. The Kier molecular flexibility index (Phi) is 6.32. The monoisotopic (exact) mass is 487 g/mol. The van der Waals surface area contributed by atoms with Crippen molar-refractivity contribution in [2.24, 2.45) is 5.92 Å². The zero-order valence-electron chi connectivity index (χ0n) is 17.7. The molecule has 4 nitrogen and oxygen atoms in total. The van der Waals surface area contributed by atoms with E-state index in [2.05, 4.69) is 10.3 Å². The molecule has 1 amide bonds. The Morgan fingerprint density at radius 3 is 2.47 bits per heavy atom. The van der Waals surface area contributed by atoms with Crippen LogP contribution in [0.15, 0.2) is 60.8 Å². The summed E-state index contributed by atoms with van der Waals surface area (Å²) in [5.41, 5.74) is -1.89. The van der Waals surface area contributed by atoms with Gasteiger partial charge in [0.2, 0.25) is 5.91 Å². The molecule has 174 valence electrons. The van der Waals surface area contributed by atoms with Crippen LogP contribution >= 0.6 is 11.6 Å². The topological polar surface area (TPSA) is 65.8 Å². The van der Waals surface area contributed by atoms with Crippen molar-refractivity contribution in [3.63, 3.8) is 0 Å². The number of carbonyl (C=O) groups excluding carboxylic acids is 1. The van der Waals surface area contributed by atoms with E-state index in [1.807, 2.05) is 6.07 Å². The summed E-state index contributed by atoms with van der Waals surface area (Å²) >= 11 is 5.99. The largest absolute Gasteiger partial charge is 0.416 e. The predicted octanol–water partition coefficient (Wildman–Crippen LogP) is 5.78. The maximum absolute atomic E-state index is 14.5. The molecule has 0 spiro atoms. The second-order valence-corrected chi connectivity index (χ2v) is 8.68. The van der Waals surface area contributed by atoms with Crippen molar-refractivity contribution in [1.29, 1.82) is 5.26 Å². The van der Waals surface area contributed by atoms with Crippen molar-refractivity contribution in [3.05, 3.63) is 99.6 Å². The summed E-state index contributed by atoms with van der Waals surface area (Å²) < 4.78 is 55.3. The summed E-state index contributed by atoms with van der Waals surface area (Å²) in [6, 6.07) is 13.7. The fraction of sp³-hybridized carbons (Fsp3) is 0.240. The third-order valence-corrected chi connectivity index (χ3v) is 5.92. The number of amides is 1. The molecular weight excluding hydrogens is 470 g/mol. The van der Waals surface area contributed by atoms with Crippen LogP contribution in [-0.4, -0.2) is 10.9 Å². The van der Waals surface area contributed by atoms with Gasteiger partial charge < -0.3 is 5.32 Å². The van der Waals surface area contributed by atoms with Gasteiger partial charge in [-0.1, -0.05) is 23.7 Å². The third-order valence-electron chi connectivity index (χ3n) is 5.69. The lowest BCUT2D eigenvalue weighted by Crippen LogP contribution is -2.50. The van der Waals surface area contributed by atoms with Gasteiger partial charge >= 0.3 is 6.18 Å². The molecule has 0 saturated heterocycles. The molecule has 0 radical (unpaired) electrons. The average Bonchev–Trinajstić information content (AvgIpc) is 3.64. The van der Waals surface area contributed by atoms with Crippen LogP contribution < -0.4 is 5.32 Å². The normalized spacial score (nSPS) is 15.3. The Morgan fingerprint density at radius 1 is 1.12 bits per heavy atom. The first-order valence-corrected chi connectivity index (χ1v) is 10.8. The van der Waals surface area contributed by atoms with Gasteiger partial charge in [0.1, 0.15) is 11.4 Å². The first-order chi connectivity index (χ1) is 16.1. The van der Waals surface area contributed by atoms with Gasteiger partial charge in [-0.05, 0) is 66.4 Å². The summed E-state index contributed by atoms with van der Waals surface area (Å²) in [6.07, 6.45) is -2.27. The Balaban J connectivity index is 1.97.